The highest BCUT2D eigenvalue weighted by atomic mass is 16.4. The van der Waals surface area contributed by atoms with Gasteiger partial charge in [-0.2, -0.15) is 0 Å². The number of hydrogen-bond donors (Lipinski definition) is 1. The predicted octanol–water partition coefficient (Wildman–Crippen LogP) is 2.65. The first kappa shape index (κ1) is 14.2. The summed E-state index contributed by atoms with van der Waals surface area (Å²) in [4.78, 5) is 24.8. The van der Waals surface area contributed by atoms with E-state index in [2.05, 4.69) is 0 Å². The Morgan fingerprint density at radius 2 is 1.56 bits per heavy atom. The van der Waals surface area contributed by atoms with Crippen LogP contribution in [0.1, 0.15) is 48.4 Å². The van der Waals surface area contributed by atoms with E-state index in [4.69, 9.17) is 5.11 Å². The largest absolute Gasteiger partial charge is 0.478 e. The molecule has 0 saturated carbocycles. The van der Waals surface area contributed by atoms with E-state index in [0.717, 1.165) is 0 Å². The summed E-state index contributed by atoms with van der Waals surface area (Å²) < 4.78 is 0. The summed E-state index contributed by atoms with van der Waals surface area (Å²) in [5.41, 5.74) is 0.444. The van der Waals surface area contributed by atoms with Gasteiger partial charge < -0.3 is 10.0 Å². The molecule has 0 fully saturated rings. The third-order valence-electron chi connectivity index (χ3n) is 2.75. The van der Waals surface area contributed by atoms with Crippen molar-refractivity contribution in [1.29, 1.82) is 0 Å². The molecule has 0 unspecified atom stereocenters. The van der Waals surface area contributed by atoms with Crippen molar-refractivity contribution in [2.75, 3.05) is 6.54 Å². The number of benzene rings is 1. The van der Waals surface area contributed by atoms with Crippen molar-refractivity contribution in [2.45, 2.75) is 33.2 Å². The fourth-order valence-electron chi connectivity index (χ4n) is 1.83. The Morgan fingerprint density at radius 1 is 1.11 bits per heavy atom. The first-order valence-electron chi connectivity index (χ1n) is 5.92. The first-order valence-corrected chi connectivity index (χ1v) is 5.92. The standard InChI is InChI=1S/C14H19NO3/c1-5-15(14(2,3)4)12(16)10-6-8-11(9-7-10)13(17)18/h6-9H,5H2,1-4H3,(H,17,18). The smallest absolute Gasteiger partial charge is 0.335 e. The first-order chi connectivity index (χ1) is 8.27. The van der Waals surface area contributed by atoms with Crippen LogP contribution in [0.2, 0.25) is 0 Å². The van der Waals surface area contributed by atoms with Crippen LogP contribution in [0.15, 0.2) is 24.3 Å². The van der Waals surface area contributed by atoms with E-state index in [9.17, 15) is 9.59 Å². The van der Waals surface area contributed by atoms with E-state index in [1.165, 1.54) is 12.1 Å². The van der Waals surface area contributed by atoms with Gasteiger partial charge in [0, 0.05) is 17.6 Å². The van der Waals surface area contributed by atoms with Crippen LogP contribution < -0.4 is 0 Å². The van der Waals surface area contributed by atoms with E-state index in [1.807, 2.05) is 27.7 Å². The molecule has 0 saturated heterocycles. The van der Waals surface area contributed by atoms with Crippen LogP contribution >= 0.6 is 0 Å². The van der Waals surface area contributed by atoms with Gasteiger partial charge in [-0.15, -0.1) is 0 Å². The molecule has 1 amide bonds. The molecule has 0 aliphatic carbocycles. The lowest BCUT2D eigenvalue weighted by atomic mass is 10.0. The molecule has 4 nitrogen and oxygen atoms in total. The Morgan fingerprint density at radius 3 is 1.89 bits per heavy atom. The summed E-state index contributed by atoms with van der Waals surface area (Å²) in [6, 6.07) is 6.01. The van der Waals surface area contributed by atoms with Gasteiger partial charge in [-0.05, 0) is 52.0 Å². The van der Waals surface area contributed by atoms with Gasteiger partial charge in [-0.1, -0.05) is 0 Å². The maximum absolute atomic E-state index is 12.3. The number of carbonyl (C=O) groups excluding carboxylic acids is 1. The Kier molecular flexibility index (Phi) is 4.11. The van der Waals surface area contributed by atoms with Gasteiger partial charge in [0.2, 0.25) is 0 Å². The monoisotopic (exact) mass is 249 g/mol. The van der Waals surface area contributed by atoms with Crippen LogP contribution in [0.5, 0.6) is 0 Å². The third kappa shape index (κ3) is 3.09. The minimum atomic E-state index is -0.989. The highest BCUT2D eigenvalue weighted by molar-refractivity contribution is 5.96. The van der Waals surface area contributed by atoms with Crippen LogP contribution in [0.3, 0.4) is 0 Å². The normalized spacial score (nSPS) is 11.1. The summed E-state index contributed by atoms with van der Waals surface area (Å²) in [5, 5.41) is 8.80. The number of carbonyl (C=O) groups is 2. The summed E-state index contributed by atoms with van der Waals surface area (Å²) in [5.74, 6) is -1.07. The molecule has 1 aromatic rings. The highest BCUT2D eigenvalue weighted by Gasteiger charge is 2.25. The topological polar surface area (TPSA) is 57.6 Å². The second-order valence-electron chi connectivity index (χ2n) is 5.10. The van der Waals surface area contributed by atoms with E-state index in [1.54, 1.807) is 17.0 Å². The fourth-order valence-corrected chi connectivity index (χ4v) is 1.83. The summed E-state index contributed by atoms with van der Waals surface area (Å²) >= 11 is 0. The molecule has 0 spiro atoms. The third-order valence-corrected chi connectivity index (χ3v) is 2.75. The maximum atomic E-state index is 12.3. The molecule has 18 heavy (non-hydrogen) atoms. The number of aromatic carboxylic acids is 1. The Hall–Kier alpha value is -1.84. The Balaban J connectivity index is 3.00. The van der Waals surface area contributed by atoms with Crippen molar-refractivity contribution in [3.8, 4) is 0 Å². The second kappa shape index (κ2) is 5.21. The number of carboxylic acids is 1. The van der Waals surface area contributed by atoms with Crippen molar-refractivity contribution in [3.05, 3.63) is 35.4 Å². The minimum absolute atomic E-state index is 0.0815. The number of hydrogen-bond acceptors (Lipinski definition) is 2. The average molecular weight is 249 g/mol. The Bertz CT molecular complexity index is 443. The molecule has 1 aromatic carbocycles. The van der Waals surface area contributed by atoms with E-state index < -0.39 is 5.97 Å². The second-order valence-corrected chi connectivity index (χ2v) is 5.10. The quantitative estimate of drug-likeness (QED) is 0.895. The van der Waals surface area contributed by atoms with Crippen LogP contribution in [0.4, 0.5) is 0 Å². The zero-order valence-electron chi connectivity index (χ0n) is 11.2. The zero-order chi connectivity index (χ0) is 13.9. The van der Waals surface area contributed by atoms with Crippen molar-refractivity contribution in [3.63, 3.8) is 0 Å². The van der Waals surface area contributed by atoms with Crippen LogP contribution in [-0.2, 0) is 0 Å². The van der Waals surface area contributed by atoms with Crippen LogP contribution in [-0.4, -0.2) is 34.0 Å². The molecular weight excluding hydrogens is 230 g/mol. The summed E-state index contributed by atoms with van der Waals surface area (Å²) in [7, 11) is 0. The zero-order valence-corrected chi connectivity index (χ0v) is 11.2. The van der Waals surface area contributed by atoms with Gasteiger partial charge >= 0.3 is 5.97 Å². The van der Waals surface area contributed by atoms with Crippen molar-refractivity contribution < 1.29 is 14.7 Å². The molecule has 0 bridgehead atoms. The molecule has 0 aliphatic heterocycles. The van der Waals surface area contributed by atoms with Crippen LogP contribution in [0.25, 0.3) is 0 Å². The average Bonchev–Trinajstić information content (AvgIpc) is 2.28. The minimum Gasteiger partial charge on any atom is -0.478 e. The Labute approximate surface area is 107 Å². The van der Waals surface area contributed by atoms with E-state index in [-0.39, 0.29) is 17.0 Å². The number of carboxylic acid groups (broad SMARTS) is 1. The van der Waals surface area contributed by atoms with Crippen molar-refractivity contribution >= 4 is 11.9 Å². The molecule has 0 aromatic heterocycles. The molecular formula is C14H19NO3. The van der Waals surface area contributed by atoms with Gasteiger partial charge in [0.25, 0.3) is 5.91 Å². The molecule has 4 heteroatoms. The summed E-state index contributed by atoms with van der Waals surface area (Å²) in [6.07, 6.45) is 0. The highest BCUT2D eigenvalue weighted by Crippen LogP contribution is 2.17. The van der Waals surface area contributed by atoms with E-state index >= 15 is 0 Å². The van der Waals surface area contributed by atoms with Crippen molar-refractivity contribution in [1.82, 2.24) is 4.90 Å². The SMILES string of the molecule is CCN(C(=O)c1ccc(C(=O)O)cc1)C(C)(C)C. The molecule has 1 N–H and O–H groups in total. The molecule has 0 aliphatic rings. The molecule has 0 heterocycles. The predicted molar refractivity (Wildman–Crippen MR) is 69.9 cm³/mol. The lowest BCUT2D eigenvalue weighted by Gasteiger charge is -2.34. The molecule has 0 atom stereocenters. The van der Waals surface area contributed by atoms with Crippen molar-refractivity contribution in [2.24, 2.45) is 0 Å². The molecule has 98 valence electrons. The maximum Gasteiger partial charge on any atom is 0.335 e. The van der Waals surface area contributed by atoms with Gasteiger partial charge in [-0.25, -0.2) is 4.79 Å². The molecule has 1 rings (SSSR count). The summed E-state index contributed by atoms with van der Waals surface area (Å²) in [6.45, 7) is 8.46. The lowest BCUT2D eigenvalue weighted by molar-refractivity contribution is 0.0596. The number of rotatable bonds is 3. The van der Waals surface area contributed by atoms with Gasteiger partial charge in [0.05, 0.1) is 5.56 Å². The number of amides is 1. The van der Waals surface area contributed by atoms with Gasteiger partial charge in [0.15, 0.2) is 0 Å². The van der Waals surface area contributed by atoms with Crippen LogP contribution in [0, 0.1) is 0 Å². The number of nitrogens with zero attached hydrogens (tertiary/aromatic N) is 1. The van der Waals surface area contributed by atoms with Gasteiger partial charge in [-0.3, -0.25) is 4.79 Å². The van der Waals surface area contributed by atoms with E-state index in [0.29, 0.717) is 12.1 Å². The molecule has 0 radical (unpaired) electrons. The van der Waals surface area contributed by atoms with Gasteiger partial charge in [0.1, 0.15) is 0 Å². The fraction of sp³-hybridized carbons (Fsp3) is 0.429. The lowest BCUT2D eigenvalue weighted by Crippen LogP contribution is -2.45.